The molecular formula is C24H43O8P. The van der Waals surface area contributed by atoms with Crippen molar-refractivity contribution in [1.82, 2.24) is 0 Å². The molecule has 0 aromatic carbocycles. The molecule has 0 unspecified atom stereocenters. The Hall–Kier alpha value is -1.47. The van der Waals surface area contributed by atoms with Crippen molar-refractivity contribution in [3.63, 3.8) is 0 Å². The van der Waals surface area contributed by atoms with E-state index in [9.17, 15) is 14.2 Å². The van der Waals surface area contributed by atoms with Crippen molar-refractivity contribution >= 4 is 19.8 Å². The molecule has 0 fully saturated rings. The van der Waals surface area contributed by atoms with Crippen LogP contribution in [-0.2, 0) is 37.2 Å². The van der Waals surface area contributed by atoms with Gasteiger partial charge in [-0.05, 0) is 46.0 Å². The number of carbonyl (C=O) groups excluding carboxylic acids is 2. The number of ether oxygens (including phenoxy) is 2. The lowest BCUT2D eigenvalue weighted by Crippen LogP contribution is -2.08. The summed E-state index contributed by atoms with van der Waals surface area (Å²) in [6, 6.07) is 0. The molecule has 0 saturated carbocycles. The molecule has 0 aromatic rings. The van der Waals surface area contributed by atoms with Gasteiger partial charge in [0.15, 0.2) is 0 Å². The van der Waals surface area contributed by atoms with Gasteiger partial charge in [0.25, 0.3) is 0 Å². The minimum absolute atomic E-state index is 0.161. The summed E-state index contributed by atoms with van der Waals surface area (Å²) >= 11 is 0. The van der Waals surface area contributed by atoms with Crippen LogP contribution >= 0.6 is 7.82 Å². The van der Waals surface area contributed by atoms with E-state index in [-0.39, 0.29) is 26.4 Å². The third-order valence-corrected chi connectivity index (χ3v) is 5.98. The molecule has 0 bridgehead atoms. The number of esters is 2. The molecule has 33 heavy (non-hydrogen) atoms. The number of hydrogen-bond acceptors (Lipinski definition) is 8. The van der Waals surface area contributed by atoms with Crippen molar-refractivity contribution in [2.45, 2.75) is 85.0 Å². The molecule has 0 radical (unpaired) electrons. The van der Waals surface area contributed by atoms with E-state index in [0.717, 1.165) is 19.3 Å². The lowest BCUT2D eigenvalue weighted by molar-refractivity contribution is -0.139. The van der Waals surface area contributed by atoms with E-state index in [1.807, 2.05) is 0 Å². The highest BCUT2D eigenvalue weighted by Crippen LogP contribution is 2.49. The molecule has 0 aromatic heterocycles. The molecule has 0 rings (SSSR count). The standard InChI is InChI=1S/C24H43O8P/c1-6-7-8-9-10-11-18-30-33(27,31-19-14-12-16-28-23(25)21(2)3)32-20-15-13-17-29-24(26)22(4)5/h2,4,6-20H2,1,3,5H3. The molecule has 0 saturated heterocycles. The number of carbonyl (C=O) groups is 2. The lowest BCUT2D eigenvalue weighted by Gasteiger charge is -2.18. The Morgan fingerprint density at radius 3 is 1.33 bits per heavy atom. The van der Waals surface area contributed by atoms with Crippen molar-refractivity contribution in [1.29, 1.82) is 0 Å². The highest BCUT2D eigenvalue weighted by molar-refractivity contribution is 7.48. The maximum atomic E-state index is 12.9. The fourth-order valence-corrected chi connectivity index (χ4v) is 3.79. The summed E-state index contributed by atoms with van der Waals surface area (Å²) in [4.78, 5) is 22.7. The van der Waals surface area contributed by atoms with Gasteiger partial charge in [0.2, 0.25) is 0 Å². The molecule has 192 valence electrons. The number of phosphoric acid groups is 1. The Labute approximate surface area is 199 Å². The molecule has 0 aliphatic heterocycles. The molecule has 0 aliphatic carbocycles. The van der Waals surface area contributed by atoms with Gasteiger partial charge in [-0.2, -0.15) is 0 Å². The molecule has 0 aliphatic rings. The van der Waals surface area contributed by atoms with Crippen molar-refractivity contribution in [3.8, 4) is 0 Å². The molecule has 0 heterocycles. The second kappa shape index (κ2) is 20.0. The van der Waals surface area contributed by atoms with Gasteiger partial charge in [-0.1, -0.05) is 52.2 Å². The smallest absolute Gasteiger partial charge is 0.462 e. The zero-order valence-corrected chi connectivity index (χ0v) is 21.6. The van der Waals surface area contributed by atoms with Crippen LogP contribution in [0, 0.1) is 0 Å². The van der Waals surface area contributed by atoms with Crippen LogP contribution in [0.2, 0.25) is 0 Å². The Balaban J connectivity index is 4.29. The molecule has 0 spiro atoms. The summed E-state index contributed by atoms with van der Waals surface area (Å²) < 4.78 is 39.4. The van der Waals surface area contributed by atoms with Crippen LogP contribution in [0.5, 0.6) is 0 Å². The van der Waals surface area contributed by atoms with Crippen molar-refractivity contribution < 1.29 is 37.2 Å². The van der Waals surface area contributed by atoms with Gasteiger partial charge < -0.3 is 9.47 Å². The summed E-state index contributed by atoms with van der Waals surface area (Å²) in [7, 11) is -3.69. The minimum atomic E-state index is -3.69. The maximum absolute atomic E-state index is 12.9. The van der Waals surface area contributed by atoms with Crippen LogP contribution in [0.15, 0.2) is 24.3 Å². The van der Waals surface area contributed by atoms with Gasteiger partial charge in [0.05, 0.1) is 33.0 Å². The Morgan fingerprint density at radius 1 is 0.606 bits per heavy atom. The molecule has 0 N–H and O–H groups in total. The predicted octanol–water partition coefficient (Wildman–Crippen LogP) is 6.30. The van der Waals surface area contributed by atoms with Crippen LogP contribution in [0.1, 0.15) is 85.0 Å². The van der Waals surface area contributed by atoms with Gasteiger partial charge >= 0.3 is 19.8 Å². The van der Waals surface area contributed by atoms with Crippen LogP contribution < -0.4 is 0 Å². The number of rotatable bonds is 22. The first kappa shape index (κ1) is 31.5. The quantitative estimate of drug-likeness (QED) is 0.0754. The van der Waals surface area contributed by atoms with E-state index in [0.29, 0.717) is 43.4 Å². The van der Waals surface area contributed by atoms with E-state index in [2.05, 4.69) is 20.1 Å². The number of hydrogen-bond donors (Lipinski definition) is 0. The maximum Gasteiger partial charge on any atom is 0.474 e. The first-order chi connectivity index (χ1) is 15.7. The lowest BCUT2D eigenvalue weighted by atomic mass is 10.1. The summed E-state index contributed by atoms with van der Waals surface area (Å²) in [6.07, 6.45) is 8.69. The van der Waals surface area contributed by atoms with Gasteiger partial charge in [-0.25, -0.2) is 14.2 Å². The van der Waals surface area contributed by atoms with Crippen LogP contribution in [0.4, 0.5) is 0 Å². The van der Waals surface area contributed by atoms with Gasteiger partial charge in [0, 0.05) is 11.1 Å². The van der Waals surface area contributed by atoms with Gasteiger partial charge in [-0.3, -0.25) is 13.6 Å². The third kappa shape index (κ3) is 18.6. The van der Waals surface area contributed by atoms with E-state index in [1.54, 1.807) is 13.8 Å². The summed E-state index contributed by atoms with van der Waals surface area (Å²) in [5, 5.41) is 0. The molecule has 8 nitrogen and oxygen atoms in total. The average molecular weight is 491 g/mol. The number of unbranched alkanes of at least 4 members (excludes halogenated alkanes) is 7. The number of phosphoric ester groups is 1. The minimum Gasteiger partial charge on any atom is -0.462 e. The highest BCUT2D eigenvalue weighted by Gasteiger charge is 2.26. The van der Waals surface area contributed by atoms with E-state index < -0.39 is 19.8 Å². The zero-order valence-electron chi connectivity index (χ0n) is 20.7. The second-order valence-electron chi connectivity index (χ2n) is 7.96. The van der Waals surface area contributed by atoms with Crippen molar-refractivity contribution in [2.24, 2.45) is 0 Å². The zero-order chi connectivity index (χ0) is 25.0. The van der Waals surface area contributed by atoms with E-state index in [4.69, 9.17) is 23.0 Å². The first-order valence-electron chi connectivity index (χ1n) is 11.9. The second-order valence-corrected chi connectivity index (χ2v) is 9.63. The Morgan fingerprint density at radius 2 is 0.939 bits per heavy atom. The fraction of sp³-hybridized carbons (Fsp3) is 0.750. The SMILES string of the molecule is C=C(C)C(=O)OCCCCOP(=O)(OCCCCCCCC)OCCCCOC(=O)C(=C)C. The van der Waals surface area contributed by atoms with Crippen molar-refractivity contribution in [2.75, 3.05) is 33.0 Å². The molecular weight excluding hydrogens is 447 g/mol. The topological polar surface area (TPSA) is 97.4 Å². The third-order valence-electron chi connectivity index (χ3n) is 4.49. The van der Waals surface area contributed by atoms with Crippen molar-refractivity contribution in [3.05, 3.63) is 24.3 Å². The summed E-state index contributed by atoms with van der Waals surface area (Å²) in [5.74, 6) is -0.859. The summed E-state index contributed by atoms with van der Waals surface area (Å²) in [6.45, 7) is 13.5. The van der Waals surface area contributed by atoms with Gasteiger partial charge in [0.1, 0.15) is 0 Å². The van der Waals surface area contributed by atoms with Gasteiger partial charge in [-0.15, -0.1) is 0 Å². The van der Waals surface area contributed by atoms with Crippen LogP contribution in [0.3, 0.4) is 0 Å². The van der Waals surface area contributed by atoms with E-state index in [1.165, 1.54) is 19.3 Å². The average Bonchev–Trinajstić information content (AvgIpc) is 2.77. The molecule has 9 heteroatoms. The van der Waals surface area contributed by atoms with E-state index >= 15 is 0 Å². The molecule has 0 amide bonds. The monoisotopic (exact) mass is 490 g/mol. The summed E-state index contributed by atoms with van der Waals surface area (Å²) in [5.41, 5.74) is 0.697. The van der Waals surface area contributed by atoms with Crippen LogP contribution in [-0.4, -0.2) is 45.0 Å². The normalized spacial score (nSPS) is 11.2. The molecule has 0 atom stereocenters. The Bertz CT molecular complexity index is 590. The fourth-order valence-electron chi connectivity index (χ4n) is 2.51. The first-order valence-corrected chi connectivity index (χ1v) is 13.4. The van der Waals surface area contributed by atoms with Crippen LogP contribution in [0.25, 0.3) is 0 Å². The highest BCUT2D eigenvalue weighted by atomic mass is 31.2. The Kier molecular flexibility index (Phi) is 19.1. The largest absolute Gasteiger partial charge is 0.474 e. The predicted molar refractivity (Wildman–Crippen MR) is 129 cm³/mol.